The van der Waals surface area contributed by atoms with E-state index in [0.29, 0.717) is 11.1 Å². The quantitative estimate of drug-likeness (QED) is 0.106. The summed E-state index contributed by atoms with van der Waals surface area (Å²) in [6.07, 6.45) is -0.599. The van der Waals surface area contributed by atoms with Crippen molar-refractivity contribution in [1.82, 2.24) is 10.3 Å². The number of aryl methyl sites for hydroxylation is 1. The first-order valence-corrected chi connectivity index (χ1v) is 15.9. The Balaban J connectivity index is 1.25. The van der Waals surface area contributed by atoms with E-state index in [1.807, 2.05) is 0 Å². The second-order valence-corrected chi connectivity index (χ2v) is 12.5. The minimum absolute atomic E-state index is 0.0283. The van der Waals surface area contributed by atoms with Crippen LogP contribution in [0.3, 0.4) is 0 Å². The highest BCUT2D eigenvalue weighted by Gasteiger charge is 2.61. The number of hydrogen-bond donors (Lipinski definition) is 5. The van der Waals surface area contributed by atoms with E-state index in [2.05, 4.69) is 10.3 Å². The molecule has 7 rings (SSSR count). The predicted octanol–water partition coefficient (Wildman–Crippen LogP) is 2.83. The van der Waals surface area contributed by atoms with Gasteiger partial charge in [-0.2, -0.15) is 0 Å². The fraction of sp³-hybridized carbons (Fsp3) is 0.216. The number of phenols is 3. The molecule has 1 spiro atoms. The Morgan fingerprint density at radius 1 is 0.904 bits per heavy atom. The third-order valence-electron chi connectivity index (χ3n) is 9.71. The number of alkyl carbamates (subject to hydrolysis) is 1. The molecule has 3 aliphatic carbocycles. The van der Waals surface area contributed by atoms with Gasteiger partial charge >= 0.3 is 12.1 Å². The number of carbonyl (C=O) groups is 6. The van der Waals surface area contributed by atoms with E-state index in [4.69, 9.17) is 14.2 Å². The number of aromatic amines is 1. The molecule has 3 aliphatic rings. The lowest BCUT2D eigenvalue weighted by atomic mass is 9.76. The number of hydrogen-bond acceptors (Lipinski definition) is 13. The van der Waals surface area contributed by atoms with E-state index >= 15 is 0 Å². The number of nitrogens with one attached hydrogen (secondary N) is 2. The Morgan fingerprint density at radius 3 is 2.23 bits per heavy atom. The SMILES string of the molecule is COC(=O)C(Cc1cc2cc3c(c(O)c2c(=O)[nH]1)C1(CC3)C(=O)c2c(O)c3c(c(O)c2C1=O)C(=O)C(OC)=CC3=O)NC(=O)OCc1ccccc1. The summed E-state index contributed by atoms with van der Waals surface area (Å²) in [6.45, 7) is -0.0703. The van der Waals surface area contributed by atoms with Crippen LogP contribution in [0.2, 0.25) is 0 Å². The summed E-state index contributed by atoms with van der Waals surface area (Å²) in [5.74, 6) is -7.97. The summed E-state index contributed by atoms with van der Waals surface area (Å²) >= 11 is 0. The highest BCUT2D eigenvalue weighted by Crippen LogP contribution is 2.57. The molecule has 0 saturated heterocycles. The van der Waals surface area contributed by atoms with Gasteiger partial charge in [0, 0.05) is 23.8 Å². The number of amides is 1. The Morgan fingerprint density at radius 2 is 1.58 bits per heavy atom. The van der Waals surface area contributed by atoms with Crippen molar-refractivity contribution in [3.8, 4) is 17.2 Å². The van der Waals surface area contributed by atoms with Crippen LogP contribution in [0.15, 0.2) is 59.1 Å². The average molecular weight is 709 g/mol. The molecule has 15 heteroatoms. The summed E-state index contributed by atoms with van der Waals surface area (Å²) in [7, 11) is 2.23. The lowest BCUT2D eigenvalue weighted by molar-refractivity contribution is -0.143. The maximum absolute atomic E-state index is 14.2. The van der Waals surface area contributed by atoms with Gasteiger partial charge in [-0.05, 0) is 35.4 Å². The molecule has 15 nitrogen and oxygen atoms in total. The van der Waals surface area contributed by atoms with E-state index < -0.39 is 97.5 Å². The zero-order chi connectivity index (χ0) is 37.2. The number of phenolic OH excluding ortho intramolecular Hbond substituents is 3. The fourth-order valence-electron chi connectivity index (χ4n) is 7.37. The van der Waals surface area contributed by atoms with E-state index in [0.717, 1.165) is 20.3 Å². The minimum Gasteiger partial charge on any atom is -0.507 e. The third-order valence-corrected chi connectivity index (χ3v) is 9.71. The Kier molecular flexibility index (Phi) is 7.93. The van der Waals surface area contributed by atoms with E-state index in [9.17, 15) is 48.9 Å². The fourth-order valence-corrected chi connectivity index (χ4v) is 7.37. The van der Waals surface area contributed by atoms with Crippen molar-refractivity contribution < 1.29 is 58.3 Å². The first kappa shape index (κ1) is 33.7. The number of carbonyl (C=O) groups excluding carboxylic acids is 6. The number of benzene rings is 3. The van der Waals surface area contributed by atoms with Crippen LogP contribution in [0, 0.1) is 0 Å². The standard InChI is InChI=1S/C37H28N2O13/c1-50-21-13-20(40)23-24(28(21)41)30(43)26-25(29(23)42)32(45)37(33(26)46)9-8-16-10-17-11-18(38-34(47)22(17)31(44)27(16)37)12-19(35(48)51-2)39-36(49)52-14-15-6-4-3-5-7-15/h3-7,10-11,13,19,42-44H,8-9,12,14H2,1-2H3,(H,38,47)(H,39,49). The number of Topliss-reactive ketones (excluding diaryl/α,β-unsaturated/α-hetero) is 3. The van der Waals surface area contributed by atoms with Crippen LogP contribution in [0.5, 0.6) is 17.2 Å². The Hall–Kier alpha value is -6.77. The van der Waals surface area contributed by atoms with Crippen molar-refractivity contribution in [3.63, 3.8) is 0 Å². The Bertz CT molecular complexity index is 2410. The maximum Gasteiger partial charge on any atom is 0.408 e. The van der Waals surface area contributed by atoms with Crippen LogP contribution >= 0.6 is 0 Å². The van der Waals surface area contributed by atoms with Crippen molar-refractivity contribution >= 4 is 46.0 Å². The molecule has 0 bridgehead atoms. The van der Waals surface area contributed by atoms with Crippen LogP contribution in [-0.4, -0.2) is 75.8 Å². The minimum atomic E-state index is -2.20. The molecule has 1 heterocycles. The molecular weight excluding hydrogens is 680 g/mol. The molecule has 1 amide bonds. The lowest BCUT2D eigenvalue weighted by Gasteiger charge is -2.23. The zero-order valence-electron chi connectivity index (χ0n) is 27.4. The summed E-state index contributed by atoms with van der Waals surface area (Å²) in [4.78, 5) is 95.6. The van der Waals surface area contributed by atoms with Gasteiger partial charge in [0.25, 0.3) is 5.56 Å². The highest BCUT2D eigenvalue weighted by atomic mass is 16.6. The van der Waals surface area contributed by atoms with Crippen LogP contribution in [0.25, 0.3) is 10.8 Å². The van der Waals surface area contributed by atoms with Gasteiger partial charge in [0.15, 0.2) is 23.1 Å². The van der Waals surface area contributed by atoms with Gasteiger partial charge in [-0.1, -0.05) is 36.4 Å². The molecule has 2 unspecified atom stereocenters. The number of methoxy groups -OCH3 is 2. The molecule has 0 aliphatic heterocycles. The highest BCUT2D eigenvalue weighted by molar-refractivity contribution is 6.38. The van der Waals surface area contributed by atoms with E-state index in [1.165, 1.54) is 12.1 Å². The second kappa shape index (κ2) is 12.2. The van der Waals surface area contributed by atoms with Gasteiger partial charge in [-0.25, -0.2) is 9.59 Å². The van der Waals surface area contributed by atoms with Gasteiger partial charge in [0.05, 0.1) is 41.9 Å². The molecule has 4 aromatic rings. The number of aromatic nitrogens is 1. The number of ketones is 4. The molecule has 2 atom stereocenters. The number of allylic oxidation sites excluding steroid dienone is 2. The number of H-pyrrole nitrogens is 1. The van der Waals surface area contributed by atoms with Crippen LogP contribution in [0.4, 0.5) is 4.79 Å². The van der Waals surface area contributed by atoms with Crippen LogP contribution < -0.4 is 10.9 Å². The number of esters is 1. The lowest BCUT2D eigenvalue weighted by Crippen LogP contribution is -2.43. The van der Waals surface area contributed by atoms with Crippen molar-refractivity contribution in [1.29, 1.82) is 0 Å². The van der Waals surface area contributed by atoms with Gasteiger partial charge in [-0.15, -0.1) is 0 Å². The number of ether oxygens (including phenoxy) is 3. The molecule has 3 aromatic carbocycles. The van der Waals surface area contributed by atoms with Crippen molar-refractivity contribution in [3.05, 3.63) is 109 Å². The summed E-state index contributed by atoms with van der Waals surface area (Å²) in [5.41, 5.74) is -4.88. The number of rotatable bonds is 7. The smallest absolute Gasteiger partial charge is 0.408 e. The van der Waals surface area contributed by atoms with E-state index in [1.54, 1.807) is 30.3 Å². The van der Waals surface area contributed by atoms with E-state index in [-0.39, 0.29) is 47.9 Å². The van der Waals surface area contributed by atoms with Crippen molar-refractivity contribution in [2.24, 2.45) is 0 Å². The molecular formula is C37H28N2O13. The number of aromatic hydroxyl groups is 3. The molecule has 5 N–H and O–H groups in total. The predicted molar refractivity (Wildman–Crippen MR) is 178 cm³/mol. The Labute approximate surface area is 292 Å². The second-order valence-electron chi connectivity index (χ2n) is 12.5. The van der Waals surface area contributed by atoms with Crippen LogP contribution in [-0.2, 0) is 43.9 Å². The summed E-state index contributed by atoms with van der Waals surface area (Å²) < 4.78 is 15.0. The molecule has 52 heavy (non-hydrogen) atoms. The van der Waals surface area contributed by atoms with Gasteiger partial charge in [0.2, 0.25) is 5.78 Å². The molecule has 0 radical (unpaired) electrons. The molecule has 264 valence electrons. The van der Waals surface area contributed by atoms with Crippen molar-refractivity contribution in [2.45, 2.75) is 37.3 Å². The first-order valence-electron chi connectivity index (χ1n) is 15.9. The zero-order valence-corrected chi connectivity index (χ0v) is 27.4. The van der Waals surface area contributed by atoms with Gasteiger partial charge in [0.1, 0.15) is 35.3 Å². The summed E-state index contributed by atoms with van der Waals surface area (Å²) in [5, 5.41) is 36.3. The largest absolute Gasteiger partial charge is 0.507 e. The molecule has 0 fully saturated rings. The maximum atomic E-state index is 14.2. The molecule has 0 saturated carbocycles. The molecule has 1 aromatic heterocycles. The number of pyridine rings is 1. The third kappa shape index (κ3) is 4.84. The van der Waals surface area contributed by atoms with Crippen LogP contribution in [0.1, 0.15) is 70.2 Å². The first-order chi connectivity index (χ1) is 24.8. The monoisotopic (exact) mass is 708 g/mol. The normalized spacial score (nSPS) is 17.8. The summed E-state index contributed by atoms with van der Waals surface area (Å²) in [6, 6.07) is 10.5. The van der Waals surface area contributed by atoms with Gasteiger partial charge < -0.3 is 39.8 Å². The average Bonchev–Trinajstić information content (AvgIpc) is 3.62. The van der Waals surface area contributed by atoms with Crippen molar-refractivity contribution in [2.75, 3.05) is 14.2 Å². The van der Waals surface area contributed by atoms with Gasteiger partial charge in [-0.3, -0.25) is 24.0 Å². The topological polar surface area (TPSA) is 236 Å². The number of fused-ring (bicyclic) bond motifs is 5.